The lowest BCUT2D eigenvalue weighted by Crippen LogP contribution is -2.31. The first-order valence-electron chi connectivity index (χ1n) is 12.0. The van der Waals surface area contributed by atoms with Crippen LogP contribution in [0.15, 0.2) is 34.1 Å². The van der Waals surface area contributed by atoms with E-state index in [0.29, 0.717) is 32.8 Å². The number of amides is 1. The van der Waals surface area contributed by atoms with Gasteiger partial charge < -0.3 is 4.90 Å². The number of hydrogen-bond acceptors (Lipinski definition) is 6. The number of fused-ring (bicyclic) bond motifs is 1. The van der Waals surface area contributed by atoms with Crippen LogP contribution >= 0.6 is 24.0 Å². The third-order valence-corrected chi connectivity index (χ3v) is 7.05. The number of anilines is 1. The Hall–Kier alpha value is -2.19. The highest BCUT2D eigenvalue weighted by Gasteiger charge is 2.32. The zero-order valence-electron chi connectivity index (χ0n) is 19.9. The molecule has 0 aromatic carbocycles. The normalized spacial score (nSPS) is 15.2. The minimum Gasteiger partial charge on any atom is -0.356 e. The molecule has 0 unspecified atom stereocenters. The van der Waals surface area contributed by atoms with Crippen LogP contribution < -0.4 is 10.5 Å². The van der Waals surface area contributed by atoms with Gasteiger partial charge in [0.1, 0.15) is 15.8 Å². The number of carbonyl (C=O) groups excluding carboxylic acids is 1. The lowest BCUT2D eigenvalue weighted by molar-refractivity contribution is -0.122. The van der Waals surface area contributed by atoms with E-state index < -0.39 is 0 Å². The molecule has 8 heteroatoms. The number of unbranched alkanes of at least 4 members (excludes halogenated alkanes) is 4. The van der Waals surface area contributed by atoms with Crippen molar-refractivity contribution in [1.29, 1.82) is 0 Å². The predicted molar refractivity (Wildman–Crippen MR) is 143 cm³/mol. The summed E-state index contributed by atoms with van der Waals surface area (Å²) in [5, 5.41) is 0. The van der Waals surface area contributed by atoms with Crippen molar-refractivity contribution in [2.45, 2.75) is 65.7 Å². The molecule has 1 aliphatic heterocycles. The van der Waals surface area contributed by atoms with Gasteiger partial charge in [-0.1, -0.05) is 76.5 Å². The van der Waals surface area contributed by atoms with Gasteiger partial charge in [0.25, 0.3) is 11.5 Å². The second-order valence-electron chi connectivity index (χ2n) is 8.32. The molecule has 0 radical (unpaired) electrons. The van der Waals surface area contributed by atoms with Crippen molar-refractivity contribution < 1.29 is 4.79 Å². The molecular formula is C25H34N4O2S2. The molecule has 6 nitrogen and oxygen atoms in total. The maximum absolute atomic E-state index is 13.5. The average Bonchev–Trinajstić information content (AvgIpc) is 3.07. The molecule has 2 aromatic rings. The summed E-state index contributed by atoms with van der Waals surface area (Å²) < 4.78 is 2.11. The lowest BCUT2D eigenvalue weighted by atomic mass is 10.1. The van der Waals surface area contributed by atoms with E-state index in [4.69, 9.17) is 17.2 Å². The van der Waals surface area contributed by atoms with E-state index in [1.165, 1.54) is 31.0 Å². The van der Waals surface area contributed by atoms with Crippen molar-refractivity contribution in [1.82, 2.24) is 14.3 Å². The van der Waals surface area contributed by atoms with Crippen LogP contribution in [0.2, 0.25) is 0 Å². The molecule has 1 aliphatic rings. The van der Waals surface area contributed by atoms with Crippen molar-refractivity contribution in [2.24, 2.45) is 0 Å². The van der Waals surface area contributed by atoms with E-state index >= 15 is 0 Å². The summed E-state index contributed by atoms with van der Waals surface area (Å²) in [4.78, 5) is 35.8. The van der Waals surface area contributed by atoms with Gasteiger partial charge >= 0.3 is 0 Å². The van der Waals surface area contributed by atoms with Crippen LogP contribution in [-0.4, -0.2) is 44.1 Å². The van der Waals surface area contributed by atoms with Crippen LogP contribution in [0, 0.1) is 0 Å². The average molecular weight is 487 g/mol. The van der Waals surface area contributed by atoms with Gasteiger partial charge in [-0.2, -0.15) is 0 Å². The molecule has 178 valence electrons. The minimum atomic E-state index is -0.169. The van der Waals surface area contributed by atoms with Crippen LogP contribution in [0.3, 0.4) is 0 Å². The van der Waals surface area contributed by atoms with E-state index in [-0.39, 0.29) is 11.5 Å². The first-order valence-corrected chi connectivity index (χ1v) is 13.3. The van der Waals surface area contributed by atoms with Crippen molar-refractivity contribution in [2.75, 3.05) is 24.5 Å². The van der Waals surface area contributed by atoms with Crippen molar-refractivity contribution in [3.63, 3.8) is 0 Å². The van der Waals surface area contributed by atoms with Crippen LogP contribution in [0.4, 0.5) is 5.82 Å². The molecule has 3 heterocycles. The highest BCUT2D eigenvalue weighted by atomic mass is 32.2. The lowest BCUT2D eigenvalue weighted by Gasteiger charge is -2.24. The number of hydrogen-bond donors (Lipinski definition) is 0. The van der Waals surface area contributed by atoms with Crippen molar-refractivity contribution in [3.8, 4) is 0 Å². The predicted octanol–water partition coefficient (Wildman–Crippen LogP) is 5.49. The maximum Gasteiger partial charge on any atom is 0.267 e. The molecule has 0 atom stereocenters. The van der Waals surface area contributed by atoms with Gasteiger partial charge in [0.05, 0.1) is 10.5 Å². The molecule has 1 saturated heterocycles. The van der Waals surface area contributed by atoms with Crippen LogP contribution in [0.25, 0.3) is 11.7 Å². The molecule has 0 aliphatic carbocycles. The van der Waals surface area contributed by atoms with Crippen LogP contribution in [-0.2, 0) is 4.79 Å². The third kappa shape index (κ3) is 6.03. The fourth-order valence-corrected chi connectivity index (χ4v) is 5.31. The van der Waals surface area contributed by atoms with Gasteiger partial charge in [0.15, 0.2) is 0 Å². The van der Waals surface area contributed by atoms with Crippen LogP contribution in [0.1, 0.15) is 71.3 Å². The third-order valence-electron chi connectivity index (χ3n) is 5.67. The molecule has 33 heavy (non-hydrogen) atoms. The number of thioether (sulfide) groups is 1. The Labute approximate surface area is 206 Å². The Bertz CT molecular complexity index is 1070. The highest BCUT2D eigenvalue weighted by molar-refractivity contribution is 8.26. The Morgan fingerprint density at radius 2 is 1.76 bits per heavy atom. The second-order valence-corrected chi connectivity index (χ2v) is 9.99. The largest absolute Gasteiger partial charge is 0.356 e. The molecule has 1 amide bonds. The SMILES string of the molecule is CCCCCCCN1C(=O)/C(=C\c2c(N(CCC)CCC)nc3ccccn3c2=O)SC1=S. The molecular weight excluding hydrogens is 452 g/mol. The molecule has 3 rings (SSSR count). The van der Waals surface area contributed by atoms with Gasteiger partial charge in [-0.15, -0.1) is 0 Å². The zero-order chi connectivity index (χ0) is 23.8. The summed E-state index contributed by atoms with van der Waals surface area (Å²) in [5.74, 6) is 0.529. The molecule has 0 N–H and O–H groups in total. The first kappa shape index (κ1) is 25.4. The Balaban J connectivity index is 1.97. The van der Waals surface area contributed by atoms with Crippen molar-refractivity contribution in [3.05, 3.63) is 45.2 Å². The Morgan fingerprint density at radius 1 is 1.03 bits per heavy atom. The van der Waals surface area contributed by atoms with E-state index in [1.807, 2.05) is 18.2 Å². The van der Waals surface area contributed by atoms with E-state index in [0.717, 1.165) is 38.8 Å². The fraction of sp³-hybridized carbons (Fsp3) is 0.520. The summed E-state index contributed by atoms with van der Waals surface area (Å²) in [6, 6.07) is 5.52. The highest BCUT2D eigenvalue weighted by Crippen LogP contribution is 2.33. The van der Waals surface area contributed by atoms with Gasteiger partial charge in [-0.3, -0.25) is 18.9 Å². The summed E-state index contributed by atoms with van der Waals surface area (Å²) in [6.07, 6.45) is 10.9. The minimum absolute atomic E-state index is 0.110. The zero-order valence-corrected chi connectivity index (χ0v) is 21.5. The van der Waals surface area contributed by atoms with Crippen LogP contribution in [0.5, 0.6) is 0 Å². The number of rotatable bonds is 12. The Kier molecular flexibility index (Phi) is 9.50. The molecule has 1 fully saturated rings. The number of carbonyl (C=O) groups is 1. The summed E-state index contributed by atoms with van der Waals surface area (Å²) in [5.41, 5.74) is 0.883. The monoisotopic (exact) mass is 486 g/mol. The van der Waals surface area contributed by atoms with Gasteiger partial charge in [-0.25, -0.2) is 4.98 Å². The quantitative estimate of drug-likeness (QED) is 0.225. The van der Waals surface area contributed by atoms with Gasteiger partial charge in [0.2, 0.25) is 0 Å². The number of thiocarbonyl (C=S) groups is 1. The summed E-state index contributed by atoms with van der Waals surface area (Å²) in [7, 11) is 0. The number of nitrogens with zero attached hydrogens (tertiary/aromatic N) is 4. The smallest absolute Gasteiger partial charge is 0.267 e. The van der Waals surface area contributed by atoms with Crippen molar-refractivity contribution >= 4 is 51.7 Å². The van der Waals surface area contributed by atoms with E-state index in [1.54, 1.807) is 21.6 Å². The molecule has 0 spiro atoms. The van der Waals surface area contributed by atoms with E-state index in [2.05, 4.69) is 25.7 Å². The van der Waals surface area contributed by atoms with E-state index in [9.17, 15) is 9.59 Å². The summed E-state index contributed by atoms with van der Waals surface area (Å²) in [6.45, 7) is 8.63. The Morgan fingerprint density at radius 3 is 2.45 bits per heavy atom. The standard InChI is InChI=1S/C25H34N4O2S2/c1-4-7-8-9-11-17-29-24(31)20(33-25(29)32)18-19-22(27(14-5-2)15-6-3)26-21-13-10-12-16-28(21)23(19)30/h10,12-13,16,18H,4-9,11,14-15,17H2,1-3H3/b20-18+. The van der Waals surface area contributed by atoms with Gasteiger partial charge in [-0.05, 0) is 37.5 Å². The fourth-order valence-electron chi connectivity index (χ4n) is 4.02. The molecule has 2 aromatic heterocycles. The molecule has 0 bridgehead atoms. The summed E-state index contributed by atoms with van der Waals surface area (Å²) >= 11 is 6.79. The number of pyridine rings is 1. The first-order chi connectivity index (χ1) is 16.0. The maximum atomic E-state index is 13.5. The topological polar surface area (TPSA) is 57.9 Å². The number of aromatic nitrogens is 2. The second kappa shape index (κ2) is 12.3. The molecule has 0 saturated carbocycles. The van der Waals surface area contributed by atoms with Gasteiger partial charge in [0, 0.05) is 25.8 Å².